The van der Waals surface area contributed by atoms with Crippen LogP contribution in [0.2, 0.25) is 0 Å². The fraction of sp³-hybridized carbons (Fsp3) is 0.917. The third-order valence-electron chi connectivity index (χ3n) is 3.51. The van der Waals surface area contributed by atoms with Crippen LogP contribution >= 0.6 is 0 Å². The Morgan fingerprint density at radius 1 is 1.44 bits per heavy atom. The van der Waals surface area contributed by atoms with Gasteiger partial charge in [-0.05, 0) is 44.7 Å². The second-order valence-corrected chi connectivity index (χ2v) is 4.95. The van der Waals surface area contributed by atoms with Crippen molar-refractivity contribution in [1.29, 1.82) is 0 Å². The summed E-state index contributed by atoms with van der Waals surface area (Å²) >= 11 is 0. The van der Waals surface area contributed by atoms with E-state index in [9.17, 15) is 4.79 Å². The molecule has 0 aromatic rings. The molecule has 0 spiro atoms. The van der Waals surface area contributed by atoms with Crippen LogP contribution in [-0.2, 0) is 9.53 Å². The van der Waals surface area contributed by atoms with Crippen LogP contribution in [0.1, 0.15) is 25.7 Å². The first kappa shape index (κ1) is 11.9. The highest BCUT2D eigenvalue weighted by Crippen LogP contribution is 2.28. The van der Waals surface area contributed by atoms with Crippen molar-refractivity contribution < 1.29 is 9.53 Å². The average Bonchev–Trinajstić information content (AvgIpc) is 3.13. The molecule has 1 saturated carbocycles. The summed E-state index contributed by atoms with van der Waals surface area (Å²) in [5, 5.41) is 3.42. The van der Waals surface area contributed by atoms with E-state index in [1.165, 1.54) is 32.8 Å². The van der Waals surface area contributed by atoms with E-state index < -0.39 is 0 Å². The molecule has 0 aromatic carbocycles. The minimum absolute atomic E-state index is 0.101. The third kappa shape index (κ3) is 3.46. The van der Waals surface area contributed by atoms with E-state index in [-0.39, 0.29) is 5.97 Å². The van der Waals surface area contributed by atoms with Crippen molar-refractivity contribution in [2.75, 3.05) is 33.3 Å². The van der Waals surface area contributed by atoms with Crippen molar-refractivity contribution in [3.8, 4) is 0 Å². The number of methoxy groups -OCH3 is 1. The molecular formula is C12H22N2O2. The van der Waals surface area contributed by atoms with Crippen molar-refractivity contribution in [1.82, 2.24) is 10.2 Å². The molecule has 1 N–H and O–H groups in total. The van der Waals surface area contributed by atoms with E-state index >= 15 is 0 Å². The number of nitrogens with one attached hydrogen (secondary N) is 1. The minimum atomic E-state index is -0.101. The molecule has 92 valence electrons. The van der Waals surface area contributed by atoms with Gasteiger partial charge in [0.1, 0.15) is 0 Å². The normalized spacial score (nSPS) is 25.8. The molecule has 1 atom stereocenters. The highest BCUT2D eigenvalue weighted by Gasteiger charge is 2.32. The van der Waals surface area contributed by atoms with Gasteiger partial charge >= 0.3 is 5.97 Å². The third-order valence-corrected chi connectivity index (χ3v) is 3.51. The van der Waals surface area contributed by atoms with E-state index in [1.54, 1.807) is 0 Å². The Bertz CT molecular complexity index is 235. The lowest BCUT2D eigenvalue weighted by atomic mass is 9.99. The number of carbonyl (C=O) groups is 1. The van der Waals surface area contributed by atoms with Gasteiger partial charge in [0, 0.05) is 12.6 Å². The van der Waals surface area contributed by atoms with Crippen LogP contribution < -0.4 is 5.32 Å². The standard InChI is InChI=1S/C12H22N2O2/c1-16-12(15)9-14(11-4-5-11)8-10-3-2-6-13-7-10/h10-11,13H,2-9H2,1H3. The summed E-state index contributed by atoms with van der Waals surface area (Å²) in [6, 6.07) is 0.640. The Morgan fingerprint density at radius 3 is 2.81 bits per heavy atom. The number of esters is 1. The molecule has 4 heteroatoms. The lowest BCUT2D eigenvalue weighted by Crippen LogP contribution is -2.41. The number of nitrogens with zero attached hydrogens (tertiary/aromatic N) is 1. The summed E-state index contributed by atoms with van der Waals surface area (Å²) < 4.78 is 4.75. The van der Waals surface area contributed by atoms with Crippen LogP contribution in [0.3, 0.4) is 0 Å². The zero-order valence-corrected chi connectivity index (χ0v) is 10.1. The van der Waals surface area contributed by atoms with Gasteiger partial charge in [-0.3, -0.25) is 9.69 Å². The van der Waals surface area contributed by atoms with Crippen LogP contribution in [-0.4, -0.2) is 50.2 Å². The van der Waals surface area contributed by atoms with Gasteiger partial charge in [-0.15, -0.1) is 0 Å². The molecule has 2 fully saturated rings. The van der Waals surface area contributed by atoms with Gasteiger partial charge in [0.25, 0.3) is 0 Å². The molecular weight excluding hydrogens is 204 g/mol. The maximum Gasteiger partial charge on any atom is 0.319 e. The van der Waals surface area contributed by atoms with Crippen molar-refractivity contribution in [3.63, 3.8) is 0 Å². The van der Waals surface area contributed by atoms with E-state index in [2.05, 4.69) is 10.2 Å². The number of hydrogen-bond donors (Lipinski definition) is 1. The summed E-state index contributed by atoms with van der Waals surface area (Å²) in [6.45, 7) is 3.77. The fourth-order valence-electron chi connectivity index (χ4n) is 2.42. The maximum absolute atomic E-state index is 11.3. The monoisotopic (exact) mass is 226 g/mol. The Balaban J connectivity index is 1.79. The van der Waals surface area contributed by atoms with Crippen molar-refractivity contribution >= 4 is 5.97 Å². The number of piperidine rings is 1. The van der Waals surface area contributed by atoms with Crippen molar-refractivity contribution in [3.05, 3.63) is 0 Å². The molecule has 2 rings (SSSR count). The molecule has 2 aliphatic rings. The largest absolute Gasteiger partial charge is 0.468 e. The number of carbonyl (C=O) groups excluding carboxylic acids is 1. The average molecular weight is 226 g/mol. The highest BCUT2D eigenvalue weighted by atomic mass is 16.5. The summed E-state index contributed by atoms with van der Waals surface area (Å²) in [4.78, 5) is 13.6. The van der Waals surface area contributed by atoms with Gasteiger partial charge in [-0.2, -0.15) is 0 Å². The molecule has 1 aliphatic heterocycles. The van der Waals surface area contributed by atoms with Gasteiger partial charge in [0.05, 0.1) is 13.7 Å². The first-order chi connectivity index (χ1) is 7.79. The Hall–Kier alpha value is -0.610. The lowest BCUT2D eigenvalue weighted by Gasteiger charge is -2.29. The minimum Gasteiger partial charge on any atom is -0.468 e. The highest BCUT2D eigenvalue weighted by molar-refractivity contribution is 5.71. The van der Waals surface area contributed by atoms with Crippen molar-refractivity contribution in [2.24, 2.45) is 5.92 Å². The number of rotatable bonds is 5. The van der Waals surface area contributed by atoms with E-state index in [0.717, 1.165) is 19.6 Å². The molecule has 16 heavy (non-hydrogen) atoms. The Morgan fingerprint density at radius 2 is 2.25 bits per heavy atom. The predicted octanol–water partition coefficient (Wildman–Crippen LogP) is 0.623. The van der Waals surface area contributed by atoms with E-state index in [1.807, 2.05) is 0 Å². The summed E-state index contributed by atoms with van der Waals surface area (Å²) in [5.74, 6) is 0.606. The van der Waals surface area contributed by atoms with E-state index in [0.29, 0.717) is 18.5 Å². The quantitative estimate of drug-likeness (QED) is 0.698. The van der Waals surface area contributed by atoms with E-state index in [4.69, 9.17) is 4.74 Å². The SMILES string of the molecule is COC(=O)CN(CC1CCCNC1)C1CC1. The summed E-state index contributed by atoms with van der Waals surface area (Å²) in [7, 11) is 1.47. The molecule has 0 aromatic heterocycles. The molecule has 0 amide bonds. The first-order valence-corrected chi connectivity index (χ1v) is 6.31. The van der Waals surface area contributed by atoms with Crippen LogP contribution in [0.5, 0.6) is 0 Å². The zero-order valence-electron chi connectivity index (χ0n) is 10.1. The first-order valence-electron chi connectivity index (χ1n) is 6.31. The van der Waals surface area contributed by atoms with Crippen LogP contribution in [0, 0.1) is 5.92 Å². The smallest absolute Gasteiger partial charge is 0.319 e. The number of ether oxygens (including phenoxy) is 1. The van der Waals surface area contributed by atoms with Crippen LogP contribution in [0.4, 0.5) is 0 Å². The molecule has 1 unspecified atom stereocenters. The fourth-order valence-corrected chi connectivity index (χ4v) is 2.42. The molecule has 0 bridgehead atoms. The zero-order chi connectivity index (χ0) is 11.4. The molecule has 4 nitrogen and oxygen atoms in total. The van der Waals surface area contributed by atoms with Gasteiger partial charge < -0.3 is 10.1 Å². The van der Waals surface area contributed by atoms with Gasteiger partial charge in [0.2, 0.25) is 0 Å². The molecule has 1 aliphatic carbocycles. The second-order valence-electron chi connectivity index (χ2n) is 4.95. The van der Waals surface area contributed by atoms with Crippen LogP contribution in [0.25, 0.3) is 0 Å². The summed E-state index contributed by atoms with van der Waals surface area (Å²) in [5.41, 5.74) is 0. The van der Waals surface area contributed by atoms with Crippen molar-refractivity contribution in [2.45, 2.75) is 31.7 Å². The lowest BCUT2D eigenvalue weighted by molar-refractivity contribution is -0.142. The maximum atomic E-state index is 11.3. The Kier molecular flexibility index (Phi) is 4.18. The topological polar surface area (TPSA) is 41.6 Å². The van der Waals surface area contributed by atoms with Gasteiger partial charge in [0.15, 0.2) is 0 Å². The van der Waals surface area contributed by atoms with Gasteiger partial charge in [-0.1, -0.05) is 0 Å². The second kappa shape index (κ2) is 5.64. The van der Waals surface area contributed by atoms with Gasteiger partial charge in [-0.25, -0.2) is 0 Å². The summed E-state index contributed by atoms with van der Waals surface area (Å²) in [6.07, 6.45) is 5.05. The van der Waals surface area contributed by atoms with Crippen LogP contribution in [0.15, 0.2) is 0 Å². The molecule has 0 radical (unpaired) electrons. The molecule has 1 saturated heterocycles. The predicted molar refractivity (Wildman–Crippen MR) is 62.2 cm³/mol. The molecule has 1 heterocycles. The number of hydrogen-bond acceptors (Lipinski definition) is 4. The Labute approximate surface area is 97.3 Å².